The molecule has 0 spiro atoms. The van der Waals surface area contributed by atoms with E-state index in [2.05, 4.69) is 4.74 Å². The van der Waals surface area contributed by atoms with E-state index in [1.807, 2.05) is 36.4 Å². The third-order valence-electron chi connectivity index (χ3n) is 2.95. The summed E-state index contributed by atoms with van der Waals surface area (Å²) in [5.74, 6) is 0. The van der Waals surface area contributed by atoms with Crippen molar-refractivity contribution in [3.05, 3.63) is 71.8 Å². The summed E-state index contributed by atoms with van der Waals surface area (Å²) in [6.07, 6.45) is -2.60. The van der Waals surface area contributed by atoms with Gasteiger partial charge in [-0.2, -0.15) is 0 Å². The van der Waals surface area contributed by atoms with Crippen molar-refractivity contribution in [1.29, 1.82) is 0 Å². The van der Waals surface area contributed by atoms with Crippen LogP contribution in [0.5, 0.6) is 0 Å². The predicted octanol–water partition coefficient (Wildman–Crippen LogP) is 3.24. The fourth-order valence-corrected chi connectivity index (χ4v) is 1.93. The van der Waals surface area contributed by atoms with Gasteiger partial charge in [-0.3, -0.25) is 0 Å². The number of hydrogen-bond acceptors (Lipinski definition) is 4. The molecule has 2 aromatic carbocycles. The fraction of sp³-hybridized carbons (Fsp3) is 0.188. The Hall–Kier alpha value is -2.33. The number of rotatable bonds is 4. The number of aliphatic hydroxyl groups excluding tert-OH is 1. The summed E-state index contributed by atoms with van der Waals surface area (Å²) in [5.41, 5.74) is 1.37. The molecule has 2 atom stereocenters. The molecule has 0 saturated heterocycles. The first-order valence-corrected chi connectivity index (χ1v) is 6.25. The average Bonchev–Trinajstić information content (AvgIpc) is 2.53. The summed E-state index contributed by atoms with van der Waals surface area (Å²) in [4.78, 5) is 11.4. The van der Waals surface area contributed by atoms with Crippen molar-refractivity contribution in [1.82, 2.24) is 0 Å². The van der Waals surface area contributed by atoms with Crippen molar-refractivity contribution in [3.63, 3.8) is 0 Å². The van der Waals surface area contributed by atoms with Gasteiger partial charge in [0.2, 0.25) is 0 Å². The molecule has 0 aromatic heterocycles. The molecule has 104 valence electrons. The lowest BCUT2D eigenvalue weighted by atomic mass is 9.98. The maximum absolute atomic E-state index is 11.4. The van der Waals surface area contributed by atoms with E-state index < -0.39 is 18.4 Å². The van der Waals surface area contributed by atoms with Crippen molar-refractivity contribution in [3.8, 4) is 0 Å². The van der Waals surface area contributed by atoms with Crippen molar-refractivity contribution in [2.24, 2.45) is 0 Å². The summed E-state index contributed by atoms with van der Waals surface area (Å²) in [6, 6.07) is 18.1. The molecule has 0 aliphatic carbocycles. The predicted molar refractivity (Wildman–Crippen MR) is 74.1 cm³/mol. The summed E-state index contributed by atoms with van der Waals surface area (Å²) in [5, 5.41) is 10.4. The van der Waals surface area contributed by atoms with E-state index >= 15 is 0 Å². The van der Waals surface area contributed by atoms with Crippen LogP contribution in [0.2, 0.25) is 0 Å². The zero-order valence-corrected chi connectivity index (χ0v) is 11.1. The Morgan fingerprint density at radius 1 is 0.950 bits per heavy atom. The molecule has 0 saturated carbocycles. The summed E-state index contributed by atoms with van der Waals surface area (Å²) >= 11 is 0. The highest BCUT2D eigenvalue weighted by Gasteiger charge is 2.26. The van der Waals surface area contributed by atoms with Crippen molar-refractivity contribution in [2.75, 3.05) is 7.11 Å². The maximum Gasteiger partial charge on any atom is 0.508 e. The van der Waals surface area contributed by atoms with Gasteiger partial charge >= 0.3 is 6.16 Å². The summed E-state index contributed by atoms with van der Waals surface area (Å²) in [6.45, 7) is 0. The normalized spacial score (nSPS) is 13.3. The van der Waals surface area contributed by atoms with Gasteiger partial charge in [0, 0.05) is 0 Å². The van der Waals surface area contributed by atoms with Crippen LogP contribution >= 0.6 is 0 Å². The fourth-order valence-electron chi connectivity index (χ4n) is 1.93. The molecule has 0 amide bonds. The van der Waals surface area contributed by atoms with E-state index in [1.54, 1.807) is 24.3 Å². The molecule has 0 bridgehead atoms. The standard InChI is InChI=1S/C16H16O4/c1-19-16(18)20-15(13-10-6-3-7-11-13)14(17)12-8-4-2-5-9-12/h2-11,14-15,17H,1H3. The second kappa shape index (κ2) is 6.73. The Morgan fingerprint density at radius 3 is 1.95 bits per heavy atom. The van der Waals surface area contributed by atoms with Crippen molar-refractivity contribution < 1.29 is 19.4 Å². The molecule has 2 rings (SSSR count). The van der Waals surface area contributed by atoms with Crippen LogP contribution < -0.4 is 0 Å². The van der Waals surface area contributed by atoms with E-state index in [1.165, 1.54) is 7.11 Å². The minimum atomic E-state index is -0.960. The first-order valence-electron chi connectivity index (χ1n) is 6.25. The van der Waals surface area contributed by atoms with Crippen molar-refractivity contribution in [2.45, 2.75) is 12.2 Å². The third-order valence-corrected chi connectivity index (χ3v) is 2.95. The van der Waals surface area contributed by atoms with E-state index in [4.69, 9.17) is 4.74 Å². The first-order chi connectivity index (χ1) is 9.72. The van der Waals surface area contributed by atoms with Crippen LogP contribution in [-0.4, -0.2) is 18.4 Å². The number of methoxy groups -OCH3 is 1. The van der Waals surface area contributed by atoms with Crippen LogP contribution in [-0.2, 0) is 9.47 Å². The van der Waals surface area contributed by atoms with Crippen LogP contribution in [0.25, 0.3) is 0 Å². The zero-order valence-electron chi connectivity index (χ0n) is 11.1. The molecule has 2 aromatic rings. The second-order valence-electron chi connectivity index (χ2n) is 4.26. The monoisotopic (exact) mass is 272 g/mol. The second-order valence-corrected chi connectivity index (χ2v) is 4.26. The number of hydrogen-bond donors (Lipinski definition) is 1. The van der Waals surface area contributed by atoms with Gasteiger partial charge in [0.25, 0.3) is 0 Å². The molecule has 4 nitrogen and oxygen atoms in total. The molecule has 4 heteroatoms. The lowest BCUT2D eigenvalue weighted by Gasteiger charge is -2.23. The number of carbonyl (C=O) groups excluding carboxylic acids is 1. The Kier molecular flexibility index (Phi) is 4.74. The van der Waals surface area contributed by atoms with Crippen LogP contribution in [0.4, 0.5) is 4.79 Å². The SMILES string of the molecule is COC(=O)OC(c1ccccc1)C(O)c1ccccc1. The van der Waals surface area contributed by atoms with Gasteiger partial charge in [-0.1, -0.05) is 60.7 Å². The van der Waals surface area contributed by atoms with Crippen LogP contribution in [0.3, 0.4) is 0 Å². The third kappa shape index (κ3) is 3.36. The molecule has 20 heavy (non-hydrogen) atoms. The van der Waals surface area contributed by atoms with Gasteiger partial charge < -0.3 is 14.6 Å². The van der Waals surface area contributed by atoms with E-state index in [0.717, 1.165) is 0 Å². The van der Waals surface area contributed by atoms with Crippen molar-refractivity contribution >= 4 is 6.16 Å². The molecule has 0 fully saturated rings. The largest absolute Gasteiger partial charge is 0.508 e. The van der Waals surface area contributed by atoms with Gasteiger partial charge in [0.1, 0.15) is 6.10 Å². The highest BCUT2D eigenvalue weighted by atomic mass is 16.7. The molecule has 1 N–H and O–H groups in total. The van der Waals surface area contributed by atoms with Gasteiger partial charge in [-0.05, 0) is 11.1 Å². The lowest BCUT2D eigenvalue weighted by molar-refractivity contribution is -0.0283. The minimum absolute atomic E-state index is 0.672. The van der Waals surface area contributed by atoms with Gasteiger partial charge in [-0.15, -0.1) is 0 Å². The van der Waals surface area contributed by atoms with Crippen LogP contribution in [0.15, 0.2) is 60.7 Å². The average molecular weight is 272 g/mol. The molecule has 2 unspecified atom stereocenters. The minimum Gasteiger partial charge on any atom is -0.438 e. The summed E-state index contributed by atoms with van der Waals surface area (Å²) in [7, 11) is 1.24. The molecular formula is C16H16O4. The van der Waals surface area contributed by atoms with Crippen LogP contribution in [0, 0.1) is 0 Å². The number of carbonyl (C=O) groups is 1. The van der Waals surface area contributed by atoms with Crippen LogP contribution in [0.1, 0.15) is 23.3 Å². The topological polar surface area (TPSA) is 55.8 Å². The number of aliphatic hydroxyl groups is 1. The number of ether oxygens (including phenoxy) is 2. The van der Waals surface area contributed by atoms with E-state index in [9.17, 15) is 9.90 Å². The zero-order chi connectivity index (χ0) is 14.4. The van der Waals surface area contributed by atoms with E-state index in [0.29, 0.717) is 11.1 Å². The Labute approximate surface area is 117 Å². The molecule has 0 aliphatic heterocycles. The smallest absolute Gasteiger partial charge is 0.438 e. The molecule has 0 aliphatic rings. The number of benzene rings is 2. The van der Waals surface area contributed by atoms with E-state index in [-0.39, 0.29) is 0 Å². The summed E-state index contributed by atoms with van der Waals surface area (Å²) < 4.78 is 9.71. The Morgan fingerprint density at radius 2 is 1.45 bits per heavy atom. The Balaban J connectivity index is 2.29. The quantitative estimate of drug-likeness (QED) is 0.868. The van der Waals surface area contributed by atoms with Gasteiger partial charge in [0.05, 0.1) is 7.11 Å². The Bertz CT molecular complexity index is 539. The van der Waals surface area contributed by atoms with Gasteiger partial charge in [0.15, 0.2) is 6.10 Å². The first kappa shape index (κ1) is 14.1. The maximum atomic E-state index is 11.4. The van der Waals surface area contributed by atoms with Gasteiger partial charge in [-0.25, -0.2) is 4.79 Å². The highest BCUT2D eigenvalue weighted by molar-refractivity contribution is 5.60. The molecular weight excluding hydrogens is 256 g/mol. The molecule has 0 radical (unpaired) electrons. The lowest BCUT2D eigenvalue weighted by Crippen LogP contribution is -2.18. The molecule has 0 heterocycles. The highest BCUT2D eigenvalue weighted by Crippen LogP contribution is 2.32.